The van der Waals surface area contributed by atoms with Crippen LogP contribution in [0.1, 0.15) is 48.9 Å². The van der Waals surface area contributed by atoms with Crippen LogP contribution in [0.25, 0.3) is 0 Å². The number of rotatable bonds is 5. The molecule has 21 heavy (non-hydrogen) atoms. The van der Waals surface area contributed by atoms with Gasteiger partial charge >= 0.3 is 0 Å². The van der Waals surface area contributed by atoms with E-state index in [-0.39, 0.29) is 10.9 Å². The van der Waals surface area contributed by atoms with Gasteiger partial charge in [0.25, 0.3) is 5.91 Å². The Labute approximate surface area is 130 Å². The number of hydrogen-bond acceptors (Lipinski definition) is 2. The van der Waals surface area contributed by atoms with Gasteiger partial charge in [-0.2, -0.15) is 0 Å². The molecule has 116 valence electrons. The van der Waals surface area contributed by atoms with E-state index in [1.807, 2.05) is 0 Å². The van der Waals surface area contributed by atoms with Gasteiger partial charge < -0.3 is 10.6 Å². The summed E-state index contributed by atoms with van der Waals surface area (Å²) in [6.07, 6.45) is 7.67. The van der Waals surface area contributed by atoms with Crippen molar-refractivity contribution in [2.75, 3.05) is 13.1 Å². The zero-order chi connectivity index (χ0) is 15.1. The fraction of sp³-hybridized carbons (Fsp3) is 0.562. The van der Waals surface area contributed by atoms with E-state index in [9.17, 15) is 9.18 Å². The van der Waals surface area contributed by atoms with Gasteiger partial charge in [0.1, 0.15) is 5.82 Å². The Balaban J connectivity index is 1.70. The van der Waals surface area contributed by atoms with Gasteiger partial charge in [0.2, 0.25) is 0 Å². The molecule has 1 aliphatic rings. The molecule has 0 saturated heterocycles. The topological polar surface area (TPSA) is 41.1 Å². The van der Waals surface area contributed by atoms with Crippen molar-refractivity contribution < 1.29 is 9.18 Å². The molecule has 5 heteroatoms. The number of halogens is 2. The number of nitrogens with one attached hydrogen (secondary N) is 2. The molecule has 2 N–H and O–H groups in total. The summed E-state index contributed by atoms with van der Waals surface area (Å²) in [5, 5.41) is 6.30. The highest BCUT2D eigenvalue weighted by Gasteiger charge is 2.12. The lowest BCUT2D eigenvalue weighted by atomic mass is 10.1. The summed E-state index contributed by atoms with van der Waals surface area (Å²) >= 11 is 5.59. The summed E-state index contributed by atoms with van der Waals surface area (Å²) in [5.41, 5.74) is 0.298. The first-order valence-corrected chi connectivity index (χ1v) is 8.01. The Morgan fingerprint density at radius 1 is 1.19 bits per heavy atom. The van der Waals surface area contributed by atoms with E-state index < -0.39 is 5.82 Å². The van der Waals surface area contributed by atoms with Crippen molar-refractivity contribution in [2.45, 2.75) is 44.6 Å². The first-order valence-electron chi connectivity index (χ1n) is 7.63. The monoisotopic (exact) mass is 312 g/mol. The Morgan fingerprint density at radius 3 is 2.57 bits per heavy atom. The van der Waals surface area contributed by atoms with E-state index in [2.05, 4.69) is 10.6 Å². The fourth-order valence-electron chi connectivity index (χ4n) is 2.68. The molecular formula is C16H22ClFN2O. The van der Waals surface area contributed by atoms with Crippen molar-refractivity contribution in [1.82, 2.24) is 10.6 Å². The minimum atomic E-state index is -0.569. The molecule has 0 bridgehead atoms. The number of hydrogen-bond donors (Lipinski definition) is 2. The summed E-state index contributed by atoms with van der Waals surface area (Å²) in [4.78, 5) is 11.9. The van der Waals surface area contributed by atoms with Gasteiger partial charge in [0.05, 0.1) is 5.02 Å². The van der Waals surface area contributed by atoms with Crippen LogP contribution in [0, 0.1) is 5.82 Å². The van der Waals surface area contributed by atoms with Crippen molar-refractivity contribution in [3.05, 3.63) is 34.6 Å². The van der Waals surface area contributed by atoms with Gasteiger partial charge in [-0.3, -0.25) is 4.79 Å². The van der Waals surface area contributed by atoms with Gasteiger partial charge in [0.15, 0.2) is 0 Å². The highest BCUT2D eigenvalue weighted by molar-refractivity contribution is 6.30. The molecule has 1 aliphatic carbocycles. The van der Waals surface area contributed by atoms with Crippen LogP contribution >= 0.6 is 11.6 Å². The maximum atomic E-state index is 13.3. The molecule has 1 aromatic carbocycles. The highest BCUT2D eigenvalue weighted by atomic mass is 35.5. The molecule has 0 atom stereocenters. The standard InChI is InChI=1S/C16H22ClFN2O/c17-14-8-7-12(11-15(14)18)16(21)20-10-9-19-13-5-3-1-2-4-6-13/h7-8,11,13,19H,1-6,9-10H2,(H,20,21). The van der Waals surface area contributed by atoms with Gasteiger partial charge in [0, 0.05) is 24.7 Å². The molecule has 1 fully saturated rings. The predicted octanol–water partition coefficient (Wildman–Crippen LogP) is 3.52. The molecule has 1 saturated carbocycles. The van der Waals surface area contributed by atoms with E-state index in [0.717, 1.165) is 12.6 Å². The average Bonchev–Trinajstić information content (AvgIpc) is 2.75. The van der Waals surface area contributed by atoms with Crippen molar-refractivity contribution in [1.29, 1.82) is 0 Å². The van der Waals surface area contributed by atoms with Crippen LogP contribution in [0.3, 0.4) is 0 Å². The number of benzene rings is 1. The summed E-state index contributed by atoms with van der Waals surface area (Å²) in [6, 6.07) is 4.66. The van der Waals surface area contributed by atoms with Crippen LogP contribution in [0.5, 0.6) is 0 Å². The Hall–Kier alpha value is -1.13. The van der Waals surface area contributed by atoms with Gasteiger partial charge in [-0.25, -0.2) is 4.39 Å². The Kier molecular flexibility index (Phi) is 6.46. The number of carbonyl (C=O) groups is 1. The van der Waals surface area contributed by atoms with Gasteiger partial charge in [-0.1, -0.05) is 37.3 Å². The maximum absolute atomic E-state index is 13.3. The molecule has 0 aromatic heterocycles. The SMILES string of the molecule is O=C(NCCNC1CCCCCC1)c1ccc(Cl)c(F)c1. The molecule has 3 nitrogen and oxygen atoms in total. The third kappa shape index (κ3) is 5.29. The third-order valence-electron chi connectivity index (χ3n) is 3.88. The number of carbonyl (C=O) groups excluding carboxylic acids is 1. The average molecular weight is 313 g/mol. The lowest BCUT2D eigenvalue weighted by Gasteiger charge is -2.16. The molecule has 0 heterocycles. The van der Waals surface area contributed by atoms with Crippen molar-refractivity contribution in [2.24, 2.45) is 0 Å². The highest BCUT2D eigenvalue weighted by Crippen LogP contribution is 2.17. The normalized spacial score (nSPS) is 16.5. The molecule has 0 spiro atoms. The van der Waals surface area contributed by atoms with Crippen molar-refractivity contribution in [3.63, 3.8) is 0 Å². The third-order valence-corrected chi connectivity index (χ3v) is 4.19. The van der Waals surface area contributed by atoms with Crippen molar-refractivity contribution in [3.8, 4) is 0 Å². The summed E-state index contributed by atoms with van der Waals surface area (Å²) in [6.45, 7) is 1.28. The molecule has 1 aromatic rings. The molecule has 0 unspecified atom stereocenters. The van der Waals surface area contributed by atoms with E-state index >= 15 is 0 Å². The zero-order valence-corrected chi connectivity index (χ0v) is 12.9. The van der Waals surface area contributed by atoms with Crippen LogP contribution in [0.15, 0.2) is 18.2 Å². The van der Waals surface area contributed by atoms with Gasteiger partial charge in [-0.15, -0.1) is 0 Å². The molecule has 0 aliphatic heterocycles. The minimum Gasteiger partial charge on any atom is -0.351 e. The van der Waals surface area contributed by atoms with Crippen LogP contribution in [0.2, 0.25) is 5.02 Å². The maximum Gasteiger partial charge on any atom is 0.251 e. The summed E-state index contributed by atoms with van der Waals surface area (Å²) in [7, 11) is 0. The van der Waals surface area contributed by atoms with E-state index in [1.165, 1.54) is 50.7 Å². The minimum absolute atomic E-state index is 0.0292. The Bertz CT molecular complexity index is 473. The predicted molar refractivity (Wildman–Crippen MR) is 83.2 cm³/mol. The Morgan fingerprint density at radius 2 is 1.90 bits per heavy atom. The first-order chi connectivity index (χ1) is 10.2. The molecule has 1 amide bonds. The second-order valence-electron chi connectivity index (χ2n) is 5.53. The lowest BCUT2D eigenvalue weighted by molar-refractivity contribution is 0.0953. The van der Waals surface area contributed by atoms with E-state index in [4.69, 9.17) is 11.6 Å². The second-order valence-corrected chi connectivity index (χ2v) is 5.93. The van der Waals surface area contributed by atoms with E-state index in [1.54, 1.807) is 0 Å². The largest absolute Gasteiger partial charge is 0.351 e. The summed E-state index contributed by atoms with van der Waals surface area (Å²) in [5.74, 6) is -0.839. The van der Waals surface area contributed by atoms with Crippen molar-refractivity contribution >= 4 is 17.5 Å². The second kappa shape index (κ2) is 8.35. The quantitative estimate of drug-likeness (QED) is 0.645. The molecule has 2 rings (SSSR count). The number of amides is 1. The zero-order valence-electron chi connectivity index (χ0n) is 12.1. The van der Waals surface area contributed by atoms with E-state index in [0.29, 0.717) is 18.2 Å². The lowest BCUT2D eigenvalue weighted by Crippen LogP contribution is -2.36. The fourth-order valence-corrected chi connectivity index (χ4v) is 2.79. The molecule has 0 radical (unpaired) electrons. The first kappa shape index (κ1) is 16.2. The van der Waals surface area contributed by atoms with Crippen LogP contribution in [0.4, 0.5) is 4.39 Å². The smallest absolute Gasteiger partial charge is 0.251 e. The molecular weight excluding hydrogens is 291 g/mol. The summed E-state index contributed by atoms with van der Waals surface area (Å²) < 4.78 is 13.3. The van der Waals surface area contributed by atoms with Gasteiger partial charge in [-0.05, 0) is 31.0 Å². The van der Waals surface area contributed by atoms with Crippen LogP contribution in [-0.2, 0) is 0 Å². The van der Waals surface area contributed by atoms with Crippen LogP contribution < -0.4 is 10.6 Å². The van der Waals surface area contributed by atoms with Crippen LogP contribution in [-0.4, -0.2) is 25.0 Å².